The van der Waals surface area contributed by atoms with Crippen LogP contribution >= 0.6 is 27.3 Å². The smallest absolute Gasteiger partial charge is 0.338 e. The molecule has 1 aromatic heterocycles. The number of nitriles is 1. The second kappa shape index (κ2) is 15.6. The van der Waals surface area contributed by atoms with Crippen molar-refractivity contribution in [2.75, 3.05) is 20.3 Å². The van der Waals surface area contributed by atoms with Crippen LogP contribution in [0.5, 0.6) is 23.0 Å². The van der Waals surface area contributed by atoms with E-state index in [0.29, 0.717) is 65.8 Å². The van der Waals surface area contributed by atoms with Crippen molar-refractivity contribution in [2.24, 2.45) is 4.99 Å². The monoisotopic (exact) mass is 745 g/mol. The topological polar surface area (TPSA) is 121 Å². The number of halogens is 1. The van der Waals surface area contributed by atoms with Gasteiger partial charge in [-0.1, -0.05) is 29.5 Å². The van der Waals surface area contributed by atoms with Gasteiger partial charge in [-0.25, -0.2) is 9.79 Å². The zero-order valence-corrected chi connectivity index (χ0v) is 30.4. The normalized spacial score (nSPS) is 14.2. The average molecular weight is 747 g/mol. The number of benzene rings is 3. The molecule has 1 aliphatic heterocycles. The molecule has 0 spiro atoms. The standard InChI is InChI=1S/C37H36BrN3O7S/c1-7-45-30-16-25(15-27(38)34(30)47-20-24-11-9-23(19-39)10-12-24)17-31-35(42)41-33(26-13-14-28(48-21(3)4)29(18-26)44-6)32(36(43)46-8-2)22(5)40-37(41)49-31/h9-18,21,33H,7-8,20H2,1-6H3/b31-17+/t33-/m1/s1. The number of ether oxygens (including phenoxy) is 5. The quantitative estimate of drug-likeness (QED) is 0.157. The lowest BCUT2D eigenvalue weighted by Crippen LogP contribution is -2.40. The number of hydrogen-bond acceptors (Lipinski definition) is 10. The van der Waals surface area contributed by atoms with Crippen molar-refractivity contribution in [1.29, 1.82) is 5.26 Å². The van der Waals surface area contributed by atoms with Gasteiger partial charge in [0.25, 0.3) is 5.56 Å². The number of rotatable bonds is 12. The number of esters is 1. The molecule has 0 fully saturated rings. The van der Waals surface area contributed by atoms with Gasteiger partial charge in [0.05, 0.1) is 64.4 Å². The molecule has 2 heterocycles. The molecule has 49 heavy (non-hydrogen) atoms. The first-order valence-electron chi connectivity index (χ1n) is 15.7. The maximum atomic E-state index is 14.2. The summed E-state index contributed by atoms with van der Waals surface area (Å²) in [6, 6.07) is 17.5. The summed E-state index contributed by atoms with van der Waals surface area (Å²) in [5.74, 6) is 1.48. The maximum Gasteiger partial charge on any atom is 0.338 e. The minimum atomic E-state index is -0.817. The first-order chi connectivity index (χ1) is 23.6. The van der Waals surface area contributed by atoms with Crippen LogP contribution in [-0.2, 0) is 16.1 Å². The number of aromatic nitrogens is 1. The Balaban J connectivity index is 1.59. The van der Waals surface area contributed by atoms with E-state index >= 15 is 0 Å². The van der Waals surface area contributed by atoms with Crippen molar-refractivity contribution in [3.63, 3.8) is 0 Å². The van der Waals surface area contributed by atoms with E-state index in [2.05, 4.69) is 27.0 Å². The summed E-state index contributed by atoms with van der Waals surface area (Å²) >= 11 is 4.85. The summed E-state index contributed by atoms with van der Waals surface area (Å²) < 4.78 is 31.7. The van der Waals surface area contributed by atoms with Crippen LogP contribution in [0.25, 0.3) is 6.08 Å². The van der Waals surface area contributed by atoms with E-state index in [4.69, 9.17) is 28.9 Å². The highest BCUT2D eigenvalue weighted by Crippen LogP contribution is 2.39. The summed E-state index contributed by atoms with van der Waals surface area (Å²) in [5, 5.41) is 9.09. The molecule has 0 N–H and O–H groups in total. The summed E-state index contributed by atoms with van der Waals surface area (Å²) in [7, 11) is 1.54. The lowest BCUT2D eigenvalue weighted by molar-refractivity contribution is -0.139. The van der Waals surface area contributed by atoms with Crippen LogP contribution in [-0.4, -0.2) is 37.0 Å². The predicted octanol–water partition coefficient (Wildman–Crippen LogP) is 6.21. The number of nitrogens with zero attached hydrogens (tertiary/aromatic N) is 3. The van der Waals surface area contributed by atoms with E-state index in [9.17, 15) is 9.59 Å². The first-order valence-corrected chi connectivity index (χ1v) is 17.3. The van der Waals surface area contributed by atoms with Gasteiger partial charge in [0.2, 0.25) is 0 Å². The number of carbonyl (C=O) groups is 1. The Kier molecular flexibility index (Phi) is 11.3. The molecule has 0 aliphatic carbocycles. The van der Waals surface area contributed by atoms with Gasteiger partial charge in [0, 0.05) is 0 Å². The molecule has 0 radical (unpaired) electrons. The third kappa shape index (κ3) is 7.74. The Morgan fingerprint density at radius 3 is 2.47 bits per heavy atom. The molecule has 10 nitrogen and oxygen atoms in total. The molecule has 254 valence electrons. The van der Waals surface area contributed by atoms with E-state index < -0.39 is 12.0 Å². The molecule has 1 aliphatic rings. The van der Waals surface area contributed by atoms with Crippen molar-refractivity contribution >= 4 is 39.3 Å². The minimum Gasteiger partial charge on any atom is -0.493 e. The van der Waals surface area contributed by atoms with Gasteiger partial charge in [-0.2, -0.15) is 5.26 Å². The predicted molar refractivity (Wildman–Crippen MR) is 190 cm³/mol. The molecule has 1 atom stereocenters. The van der Waals surface area contributed by atoms with Crippen LogP contribution < -0.4 is 33.8 Å². The fourth-order valence-electron chi connectivity index (χ4n) is 5.37. The SMILES string of the molecule is CCOC(=O)C1=C(C)N=c2s/c(=C/c3cc(Br)c(OCc4ccc(C#N)cc4)c(OCC)c3)c(=O)n2[C@@H]1c1ccc(OC(C)C)c(OC)c1. The van der Waals surface area contributed by atoms with Gasteiger partial charge >= 0.3 is 5.97 Å². The second-order valence-corrected chi connectivity index (χ2v) is 13.1. The van der Waals surface area contributed by atoms with Gasteiger partial charge in [-0.05, 0) is 110 Å². The molecule has 0 saturated heterocycles. The number of thiazole rings is 1. The number of methoxy groups -OCH3 is 1. The highest BCUT2D eigenvalue weighted by Gasteiger charge is 2.34. The van der Waals surface area contributed by atoms with E-state index in [1.54, 1.807) is 51.3 Å². The summed E-state index contributed by atoms with van der Waals surface area (Å²) in [4.78, 5) is 32.7. The van der Waals surface area contributed by atoms with E-state index in [1.165, 1.54) is 15.9 Å². The van der Waals surface area contributed by atoms with Crippen molar-refractivity contribution in [3.8, 4) is 29.1 Å². The lowest BCUT2D eigenvalue weighted by atomic mass is 9.95. The Bertz CT molecular complexity index is 2130. The molecule has 4 aromatic rings. The Morgan fingerprint density at radius 2 is 1.82 bits per heavy atom. The van der Waals surface area contributed by atoms with Gasteiger partial charge < -0.3 is 23.7 Å². The molecule has 0 amide bonds. The van der Waals surface area contributed by atoms with Crippen molar-refractivity contribution in [1.82, 2.24) is 4.57 Å². The van der Waals surface area contributed by atoms with Crippen LogP contribution in [0.4, 0.5) is 0 Å². The third-order valence-electron chi connectivity index (χ3n) is 7.48. The molecule has 0 unspecified atom stereocenters. The minimum absolute atomic E-state index is 0.0823. The van der Waals surface area contributed by atoms with Crippen LogP contribution in [0.3, 0.4) is 0 Å². The maximum absolute atomic E-state index is 14.2. The average Bonchev–Trinajstić information content (AvgIpc) is 3.37. The molecule has 5 rings (SSSR count). The molecule has 3 aromatic carbocycles. The largest absolute Gasteiger partial charge is 0.493 e. The van der Waals surface area contributed by atoms with E-state index in [0.717, 1.165) is 5.56 Å². The lowest BCUT2D eigenvalue weighted by Gasteiger charge is -2.25. The van der Waals surface area contributed by atoms with Crippen molar-refractivity contribution < 1.29 is 28.5 Å². The second-order valence-electron chi connectivity index (χ2n) is 11.2. The molecule has 0 saturated carbocycles. The third-order valence-corrected chi connectivity index (χ3v) is 9.05. The van der Waals surface area contributed by atoms with Crippen molar-refractivity contribution in [3.05, 3.63) is 112 Å². The van der Waals surface area contributed by atoms with Crippen LogP contribution in [0.1, 0.15) is 62.9 Å². The van der Waals surface area contributed by atoms with Gasteiger partial charge in [-0.15, -0.1) is 0 Å². The molecule has 0 bridgehead atoms. The van der Waals surface area contributed by atoms with E-state index in [1.807, 2.05) is 51.1 Å². The molecular formula is C37H36BrN3O7S. The van der Waals surface area contributed by atoms with Gasteiger partial charge in [-0.3, -0.25) is 9.36 Å². The van der Waals surface area contributed by atoms with Crippen LogP contribution in [0, 0.1) is 11.3 Å². The fraction of sp³-hybridized carbons (Fsp3) is 0.297. The summed E-state index contributed by atoms with van der Waals surface area (Å²) in [6.45, 7) is 10.0. The number of fused-ring (bicyclic) bond motifs is 1. The number of allylic oxidation sites excluding steroid dienone is 1. The number of hydrogen-bond donors (Lipinski definition) is 0. The van der Waals surface area contributed by atoms with Crippen molar-refractivity contribution in [2.45, 2.75) is 53.4 Å². The highest BCUT2D eigenvalue weighted by molar-refractivity contribution is 9.10. The van der Waals surface area contributed by atoms with Gasteiger partial charge in [0.15, 0.2) is 27.8 Å². The Morgan fingerprint density at radius 1 is 1.06 bits per heavy atom. The summed E-state index contributed by atoms with van der Waals surface area (Å²) in [6.07, 6.45) is 1.68. The molecular weight excluding hydrogens is 710 g/mol. The van der Waals surface area contributed by atoms with Crippen LogP contribution in [0.15, 0.2) is 80.1 Å². The fourth-order valence-corrected chi connectivity index (χ4v) is 6.99. The number of carbonyl (C=O) groups excluding carboxylic acids is 1. The molecule has 12 heteroatoms. The van der Waals surface area contributed by atoms with E-state index in [-0.39, 0.29) is 30.5 Å². The highest BCUT2D eigenvalue weighted by atomic mass is 79.9. The summed E-state index contributed by atoms with van der Waals surface area (Å²) in [5.41, 5.74) is 3.21. The van der Waals surface area contributed by atoms with Crippen LogP contribution in [0.2, 0.25) is 0 Å². The zero-order chi connectivity index (χ0) is 35.2. The van der Waals surface area contributed by atoms with Gasteiger partial charge in [0.1, 0.15) is 6.61 Å². The zero-order valence-electron chi connectivity index (χ0n) is 28.0. The Labute approximate surface area is 296 Å². The first kappa shape index (κ1) is 35.4. The Hall–Kier alpha value is -4.86.